The van der Waals surface area contributed by atoms with Crippen molar-refractivity contribution in [3.63, 3.8) is 0 Å². The SMILES string of the molecule is COc1ccc(CCN2CC[C@H](c3cc(COc4ccc(F)cc4)[nH]n3)C2)cc1. The number of rotatable bonds is 8. The first kappa shape index (κ1) is 19.5. The first-order valence-corrected chi connectivity index (χ1v) is 9.97. The molecule has 3 aromatic rings. The van der Waals surface area contributed by atoms with E-state index in [1.165, 1.54) is 17.7 Å². The molecule has 29 heavy (non-hydrogen) atoms. The minimum absolute atomic E-state index is 0.265. The molecule has 2 heterocycles. The highest BCUT2D eigenvalue weighted by Crippen LogP contribution is 2.26. The van der Waals surface area contributed by atoms with E-state index in [9.17, 15) is 4.39 Å². The molecule has 0 amide bonds. The van der Waals surface area contributed by atoms with Crippen molar-refractivity contribution in [1.29, 1.82) is 0 Å². The number of likely N-dealkylation sites (tertiary alicyclic amines) is 1. The lowest BCUT2D eigenvalue weighted by Gasteiger charge is -2.15. The quantitative estimate of drug-likeness (QED) is 0.622. The number of ether oxygens (including phenoxy) is 2. The molecule has 0 bridgehead atoms. The van der Waals surface area contributed by atoms with Crippen molar-refractivity contribution in [2.75, 3.05) is 26.7 Å². The van der Waals surface area contributed by atoms with E-state index < -0.39 is 0 Å². The largest absolute Gasteiger partial charge is 0.497 e. The molecule has 5 nitrogen and oxygen atoms in total. The fourth-order valence-corrected chi connectivity index (χ4v) is 3.71. The fourth-order valence-electron chi connectivity index (χ4n) is 3.71. The lowest BCUT2D eigenvalue weighted by Crippen LogP contribution is -2.23. The maximum Gasteiger partial charge on any atom is 0.130 e. The van der Waals surface area contributed by atoms with Gasteiger partial charge in [-0.3, -0.25) is 5.10 Å². The van der Waals surface area contributed by atoms with Crippen LogP contribution in [0.5, 0.6) is 11.5 Å². The summed E-state index contributed by atoms with van der Waals surface area (Å²) in [6, 6.07) is 16.4. The average molecular weight is 395 g/mol. The summed E-state index contributed by atoms with van der Waals surface area (Å²) in [7, 11) is 1.69. The molecule has 0 radical (unpaired) electrons. The molecule has 1 aliphatic heterocycles. The van der Waals surface area contributed by atoms with Crippen molar-refractivity contribution in [1.82, 2.24) is 15.1 Å². The monoisotopic (exact) mass is 395 g/mol. The van der Waals surface area contributed by atoms with Gasteiger partial charge in [-0.25, -0.2) is 4.39 Å². The van der Waals surface area contributed by atoms with E-state index in [2.05, 4.69) is 33.3 Å². The minimum Gasteiger partial charge on any atom is -0.497 e. The van der Waals surface area contributed by atoms with Crippen LogP contribution in [-0.2, 0) is 13.0 Å². The Labute approximate surface area is 170 Å². The average Bonchev–Trinajstić information content (AvgIpc) is 3.42. The van der Waals surface area contributed by atoms with Gasteiger partial charge in [0.15, 0.2) is 0 Å². The lowest BCUT2D eigenvalue weighted by atomic mass is 10.1. The Hall–Kier alpha value is -2.86. The van der Waals surface area contributed by atoms with Gasteiger partial charge >= 0.3 is 0 Å². The van der Waals surface area contributed by atoms with Crippen LogP contribution in [0.4, 0.5) is 4.39 Å². The third-order valence-corrected chi connectivity index (χ3v) is 5.43. The normalized spacial score (nSPS) is 16.8. The molecular formula is C23H26FN3O2. The zero-order chi connectivity index (χ0) is 20.1. The molecule has 0 unspecified atom stereocenters. The van der Waals surface area contributed by atoms with Gasteiger partial charge in [-0.05, 0) is 67.4 Å². The molecule has 1 atom stereocenters. The summed E-state index contributed by atoms with van der Waals surface area (Å²) in [5, 5.41) is 7.56. The van der Waals surface area contributed by atoms with Crippen molar-refractivity contribution in [3.05, 3.63) is 77.4 Å². The molecule has 0 aliphatic carbocycles. The number of nitrogens with one attached hydrogen (secondary N) is 1. The Morgan fingerprint density at radius 3 is 2.62 bits per heavy atom. The maximum atomic E-state index is 13.0. The standard InChI is InChI=1S/C23H26FN3O2/c1-28-21-6-2-17(3-7-21)10-12-27-13-11-18(15-27)23-14-20(25-26-23)16-29-22-8-4-19(24)5-9-22/h2-9,14,18H,10-13,15-16H2,1H3,(H,25,26)/t18-/m0/s1. The van der Waals surface area contributed by atoms with Crippen molar-refractivity contribution >= 4 is 0 Å². The van der Waals surface area contributed by atoms with Gasteiger partial charge in [0.25, 0.3) is 0 Å². The number of aromatic amines is 1. The van der Waals surface area contributed by atoms with Crippen LogP contribution in [0.2, 0.25) is 0 Å². The number of aromatic nitrogens is 2. The Kier molecular flexibility index (Phi) is 6.10. The van der Waals surface area contributed by atoms with Gasteiger partial charge in [-0.1, -0.05) is 12.1 Å². The van der Waals surface area contributed by atoms with Crippen LogP contribution < -0.4 is 9.47 Å². The second-order valence-corrected chi connectivity index (χ2v) is 7.44. The van der Waals surface area contributed by atoms with Gasteiger partial charge in [-0.15, -0.1) is 0 Å². The Balaban J connectivity index is 1.25. The van der Waals surface area contributed by atoms with Crippen LogP contribution in [0.3, 0.4) is 0 Å². The maximum absolute atomic E-state index is 13.0. The highest BCUT2D eigenvalue weighted by molar-refractivity contribution is 5.27. The fraction of sp³-hybridized carbons (Fsp3) is 0.348. The van der Waals surface area contributed by atoms with Gasteiger partial charge in [-0.2, -0.15) is 5.10 Å². The number of benzene rings is 2. The molecule has 4 rings (SSSR count). The molecule has 1 aliphatic rings. The smallest absolute Gasteiger partial charge is 0.130 e. The third kappa shape index (κ3) is 5.15. The molecule has 152 valence electrons. The van der Waals surface area contributed by atoms with E-state index in [4.69, 9.17) is 9.47 Å². The minimum atomic E-state index is -0.265. The van der Waals surface area contributed by atoms with E-state index in [0.717, 1.165) is 49.6 Å². The summed E-state index contributed by atoms with van der Waals surface area (Å²) in [5.74, 6) is 1.72. The Bertz CT molecular complexity index is 909. The topological polar surface area (TPSA) is 50.4 Å². The zero-order valence-corrected chi connectivity index (χ0v) is 16.6. The molecule has 1 saturated heterocycles. The van der Waals surface area contributed by atoms with Crippen LogP contribution in [0.25, 0.3) is 0 Å². The van der Waals surface area contributed by atoms with Gasteiger partial charge in [0.2, 0.25) is 0 Å². The summed E-state index contributed by atoms with van der Waals surface area (Å²) in [6.07, 6.45) is 2.15. The first-order chi connectivity index (χ1) is 14.2. The van der Waals surface area contributed by atoms with E-state index in [0.29, 0.717) is 18.3 Å². The number of methoxy groups -OCH3 is 1. The van der Waals surface area contributed by atoms with E-state index >= 15 is 0 Å². The van der Waals surface area contributed by atoms with Crippen LogP contribution in [0.1, 0.15) is 29.3 Å². The third-order valence-electron chi connectivity index (χ3n) is 5.43. The van der Waals surface area contributed by atoms with Crippen molar-refractivity contribution in [2.45, 2.75) is 25.4 Å². The summed E-state index contributed by atoms with van der Waals surface area (Å²) >= 11 is 0. The number of hydrogen-bond donors (Lipinski definition) is 1. The van der Waals surface area contributed by atoms with E-state index in [1.807, 2.05) is 12.1 Å². The van der Waals surface area contributed by atoms with Crippen molar-refractivity contribution in [3.8, 4) is 11.5 Å². The van der Waals surface area contributed by atoms with Crippen LogP contribution in [0.15, 0.2) is 54.6 Å². The first-order valence-electron chi connectivity index (χ1n) is 9.97. The van der Waals surface area contributed by atoms with Gasteiger partial charge in [0, 0.05) is 19.0 Å². The Morgan fingerprint density at radius 2 is 1.86 bits per heavy atom. The van der Waals surface area contributed by atoms with Crippen LogP contribution in [0, 0.1) is 5.82 Å². The van der Waals surface area contributed by atoms with Crippen LogP contribution in [-0.4, -0.2) is 41.8 Å². The molecule has 1 aromatic heterocycles. The Morgan fingerprint density at radius 1 is 1.10 bits per heavy atom. The number of H-pyrrole nitrogens is 1. The van der Waals surface area contributed by atoms with Gasteiger partial charge < -0.3 is 14.4 Å². The molecule has 0 saturated carbocycles. The van der Waals surface area contributed by atoms with E-state index in [-0.39, 0.29) is 5.82 Å². The zero-order valence-electron chi connectivity index (χ0n) is 16.6. The number of nitrogens with zero attached hydrogens (tertiary/aromatic N) is 2. The second kappa shape index (κ2) is 9.09. The van der Waals surface area contributed by atoms with Gasteiger partial charge in [0.05, 0.1) is 18.5 Å². The second-order valence-electron chi connectivity index (χ2n) is 7.44. The van der Waals surface area contributed by atoms with Crippen LogP contribution >= 0.6 is 0 Å². The lowest BCUT2D eigenvalue weighted by molar-refractivity contribution is 0.300. The summed E-state index contributed by atoms with van der Waals surface area (Å²) in [4.78, 5) is 2.50. The molecule has 1 fully saturated rings. The van der Waals surface area contributed by atoms with Crippen molar-refractivity contribution in [2.24, 2.45) is 0 Å². The summed E-state index contributed by atoms with van der Waals surface area (Å²) < 4.78 is 23.9. The van der Waals surface area contributed by atoms with E-state index in [1.54, 1.807) is 19.2 Å². The summed E-state index contributed by atoms with van der Waals surface area (Å²) in [5.41, 5.74) is 3.35. The van der Waals surface area contributed by atoms with Gasteiger partial charge in [0.1, 0.15) is 23.9 Å². The summed E-state index contributed by atoms with van der Waals surface area (Å²) in [6.45, 7) is 3.56. The predicted molar refractivity (Wildman–Crippen MR) is 110 cm³/mol. The molecule has 0 spiro atoms. The highest BCUT2D eigenvalue weighted by Gasteiger charge is 2.25. The molecule has 2 aromatic carbocycles. The highest BCUT2D eigenvalue weighted by atomic mass is 19.1. The number of hydrogen-bond acceptors (Lipinski definition) is 4. The van der Waals surface area contributed by atoms with Crippen molar-refractivity contribution < 1.29 is 13.9 Å². The molecular weight excluding hydrogens is 369 g/mol. The molecule has 1 N–H and O–H groups in total. The predicted octanol–water partition coefficient (Wildman–Crippen LogP) is 4.17. The number of halogens is 1. The molecule has 6 heteroatoms.